The Kier molecular flexibility index (Phi) is 6.51. The molecule has 1 aliphatic carbocycles. The first kappa shape index (κ1) is 18.3. The summed E-state index contributed by atoms with van der Waals surface area (Å²) in [5.74, 6) is 0. The predicted molar refractivity (Wildman–Crippen MR) is 87.5 cm³/mol. The van der Waals surface area contributed by atoms with Crippen LogP contribution >= 0.6 is 0 Å². The summed E-state index contributed by atoms with van der Waals surface area (Å²) in [6.07, 6.45) is 6.01. The van der Waals surface area contributed by atoms with E-state index in [0.717, 1.165) is 0 Å². The molecule has 1 amide bonds. The Balaban J connectivity index is 2.27. The fraction of sp³-hybridized carbons (Fsp3) is 0.941. The normalized spacial score (nSPS) is 24.0. The Bertz CT molecular complexity index is 334. The molecule has 124 valence electrons. The van der Waals surface area contributed by atoms with Crippen LogP contribution in [0.5, 0.6) is 0 Å². The van der Waals surface area contributed by atoms with Crippen LogP contribution in [0.1, 0.15) is 73.6 Å². The molecule has 0 radical (unpaired) electrons. The van der Waals surface area contributed by atoms with Crippen molar-refractivity contribution in [3.05, 3.63) is 0 Å². The van der Waals surface area contributed by atoms with E-state index in [4.69, 9.17) is 4.74 Å². The number of ether oxygens (including phenoxy) is 1. The SMILES string of the molecule is CC(CNC(=O)OC(C)(C)C)NC1CCCC(C)(C)CC1. The van der Waals surface area contributed by atoms with Crippen LogP contribution in [0.25, 0.3) is 0 Å². The lowest BCUT2D eigenvalue weighted by Crippen LogP contribution is -2.44. The summed E-state index contributed by atoms with van der Waals surface area (Å²) in [7, 11) is 0. The molecular formula is C17H34N2O2. The smallest absolute Gasteiger partial charge is 0.407 e. The van der Waals surface area contributed by atoms with Crippen molar-refractivity contribution in [2.24, 2.45) is 5.41 Å². The minimum Gasteiger partial charge on any atom is -0.444 e. The lowest BCUT2D eigenvalue weighted by molar-refractivity contribution is 0.0522. The van der Waals surface area contributed by atoms with Gasteiger partial charge in [-0.3, -0.25) is 0 Å². The summed E-state index contributed by atoms with van der Waals surface area (Å²) in [6.45, 7) is 13.1. The van der Waals surface area contributed by atoms with Crippen LogP contribution in [0.4, 0.5) is 4.79 Å². The molecule has 0 aromatic carbocycles. The van der Waals surface area contributed by atoms with Crippen molar-refractivity contribution < 1.29 is 9.53 Å². The van der Waals surface area contributed by atoms with Crippen LogP contribution in [-0.4, -0.2) is 30.3 Å². The van der Waals surface area contributed by atoms with Crippen LogP contribution in [0, 0.1) is 5.41 Å². The molecule has 0 heterocycles. The van der Waals surface area contributed by atoms with Crippen molar-refractivity contribution >= 4 is 6.09 Å². The van der Waals surface area contributed by atoms with Gasteiger partial charge in [0.25, 0.3) is 0 Å². The maximum absolute atomic E-state index is 11.6. The molecule has 4 heteroatoms. The van der Waals surface area contributed by atoms with Gasteiger partial charge in [-0.1, -0.05) is 20.3 Å². The third-order valence-electron chi connectivity index (χ3n) is 4.05. The topological polar surface area (TPSA) is 50.4 Å². The Labute approximate surface area is 130 Å². The first-order valence-electron chi connectivity index (χ1n) is 8.30. The third-order valence-corrected chi connectivity index (χ3v) is 4.05. The summed E-state index contributed by atoms with van der Waals surface area (Å²) >= 11 is 0. The molecule has 0 saturated heterocycles. The summed E-state index contributed by atoms with van der Waals surface area (Å²) in [5.41, 5.74) is 0.0437. The Morgan fingerprint density at radius 1 is 1.29 bits per heavy atom. The van der Waals surface area contributed by atoms with E-state index in [9.17, 15) is 4.79 Å². The summed E-state index contributed by atoms with van der Waals surface area (Å²) in [4.78, 5) is 11.6. The highest BCUT2D eigenvalue weighted by molar-refractivity contribution is 5.67. The maximum Gasteiger partial charge on any atom is 0.407 e. The van der Waals surface area contributed by atoms with E-state index in [2.05, 4.69) is 31.4 Å². The minimum absolute atomic E-state index is 0.267. The van der Waals surface area contributed by atoms with E-state index >= 15 is 0 Å². The van der Waals surface area contributed by atoms with Crippen molar-refractivity contribution in [3.63, 3.8) is 0 Å². The Hall–Kier alpha value is -0.770. The average molecular weight is 298 g/mol. The van der Waals surface area contributed by atoms with Gasteiger partial charge in [0.2, 0.25) is 0 Å². The zero-order chi connectivity index (χ0) is 16.1. The molecule has 2 N–H and O–H groups in total. The lowest BCUT2D eigenvalue weighted by Gasteiger charge is -2.25. The minimum atomic E-state index is -0.437. The molecule has 1 rings (SSSR count). The van der Waals surface area contributed by atoms with E-state index in [1.807, 2.05) is 20.8 Å². The van der Waals surface area contributed by atoms with Gasteiger partial charge in [0.1, 0.15) is 5.60 Å². The number of hydrogen-bond acceptors (Lipinski definition) is 3. The van der Waals surface area contributed by atoms with Crippen LogP contribution in [0.15, 0.2) is 0 Å². The van der Waals surface area contributed by atoms with E-state index in [-0.39, 0.29) is 12.1 Å². The van der Waals surface area contributed by atoms with Crippen LogP contribution in [-0.2, 0) is 4.74 Å². The van der Waals surface area contributed by atoms with Gasteiger partial charge in [-0.15, -0.1) is 0 Å². The van der Waals surface area contributed by atoms with Gasteiger partial charge in [-0.05, 0) is 58.8 Å². The van der Waals surface area contributed by atoms with Crippen molar-refractivity contribution in [2.75, 3.05) is 6.54 Å². The number of amides is 1. The number of carbonyl (C=O) groups excluding carboxylic acids is 1. The molecule has 1 saturated carbocycles. The number of rotatable bonds is 4. The molecule has 4 nitrogen and oxygen atoms in total. The number of carbonyl (C=O) groups is 1. The fourth-order valence-corrected chi connectivity index (χ4v) is 2.84. The second-order valence-corrected chi connectivity index (χ2v) is 8.24. The fourth-order valence-electron chi connectivity index (χ4n) is 2.84. The van der Waals surface area contributed by atoms with Crippen LogP contribution in [0.2, 0.25) is 0 Å². The first-order chi connectivity index (χ1) is 9.57. The molecule has 2 atom stereocenters. The molecular weight excluding hydrogens is 264 g/mol. The van der Waals surface area contributed by atoms with Gasteiger partial charge in [-0.2, -0.15) is 0 Å². The molecule has 0 aliphatic heterocycles. The van der Waals surface area contributed by atoms with Gasteiger partial charge in [-0.25, -0.2) is 4.79 Å². The van der Waals surface area contributed by atoms with E-state index < -0.39 is 5.60 Å². The highest BCUT2D eigenvalue weighted by Crippen LogP contribution is 2.33. The largest absolute Gasteiger partial charge is 0.444 e. The van der Waals surface area contributed by atoms with E-state index in [1.165, 1.54) is 32.1 Å². The standard InChI is InChI=1S/C17H34N2O2/c1-13(12-18-15(20)21-16(2,3)4)19-14-8-7-10-17(5,6)11-9-14/h13-14,19H,7-12H2,1-6H3,(H,18,20). The van der Waals surface area contributed by atoms with Crippen molar-refractivity contribution in [1.29, 1.82) is 0 Å². The van der Waals surface area contributed by atoms with Crippen molar-refractivity contribution in [2.45, 2.75) is 91.3 Å². The quantitative estimate of drug-likeness (QED) is 0.775. The van der Waals surface area contributed by atoms with Crippen molar-refractivity contribution in [1.82, 2.24) is 10.6 Å². The lowest BCUT2D eigenvalue weighted by atomic mass is 9.85. The molecule has 0 aromatic rings. The summed E-state index contributed by atoms with van der Waals surface area (Å²) < 4.78 is 5.25. The Morgan fingerprint density at radius 2 is 1.95 bits per heavy atom. The number of hydrogen-bond donors (Lipinski definition) is 2. The zero-order valence-corrected chi connectivity index (χ0v) is 14.7. The van der Waals surface area contributed by atoms with E-state index in [0.29, 0.717) is 18.0 Å². The molecule has 0 aromatic heterocycles. The monoisotopic (exact) mass is 298 g/mol. The van der Waals surface area contributed by atoms with Crippen LogP contribution in [0.3, 0.4) is 0 Å². The van der Waals surface area contributed by atoms with E-state index in [1.54, 1.807) is 0 Å². The zero-order valence-electron chi connectivity index (χ0n) is 14.7. The van der Waals surface area contributed by atoms with Crippen molar-refractivity contribution in [3.8, 4) is 0 Å². The molecule has 0 spiro atoms. The second-order valence-electron chi connectivity index (χ2n) is 8.24. The van der Waals surface area contributed by atoms with Gasteiger partial charge >= 0.3 is 6.09 Å². The number of nitrogens with one attached hydrogen (secondary N) is 2. The predicted octanol–water partition coefficient (Wildman–Crippen LogP) is 3.85. The molecule has 1 fully saturated rings. The molecule has 0 bridgehead atoms. The highest BCUT2D eigenvalue weighted by Gasteiger charge is 2.25. The molecule has 21 heavy (non-hydrogen) atoms. The molecule has 2 unspecified atom stereocenters. The van der Waals surface area contributed by atoms with Gasteiger partial charge in [0.05, 0.1) is 0 Å². The number of alkyl carbamates (subject to hydrolysis) is 1. The molecule has 1 aliphatic rings. The second kappa shape index (κ2) is 7.48. The van der Waals surface area contributed by atoms with Gasteiger partial charge < -0.3 is 15.4 Å². The maximum atomic E-state index is 11.6. The average Bonchev–Trinajstić information content (AvgIpc) is 2.46. The van der Waals surface area contributed by atoms with Gasteiger partial charge in [0.15, 0.2) is 0 Å². The van der Waals surface area contributed by atoms with Gasteiger partial charge in [0, 0.05) is 18.6 Å². The summed E-state index contributed by atoms with van der Waals surface area (Å²) in [6, 6.07) is 0.839. The third kappa shape index (κ3) is 8.30. The highest BCUT2D eigenvalue weighted by atomic mass is 16.6. The first-order valence-corrected chi connectivity index (χ1v) is 8.30. The Morgan fingerprint density at radius 3 is 2.57 bits per heavy atom. The summed E-state index contributed by atoms with van der Waals surface area (Å²) in [5, 5.41) is 6.48. The van der Waals surface area contributed by atoms with Crippen LogP contribution < -0.4 is 10.6 Å².